The van der Waals surface area contributed by atoms with Gasteiger partial charge in [0.2, 0.25) is 0 Å². The minimum atomic E-state index is -0.765. The monoisotopic (exact) mass is 416 g/mol. The first-order valence-corrected chi connectivity index (χ1v) is 10.3. The number of ether oxygens (including phenoxy) is 1. The lowest BCUT2D eigenvalue weighted by atomic mass is 10.2. The molecule has 0 saturated heterocycles. The minimum Gasteiger partial charge on any atom is -0.495 e. The lowest BCUT2D eigenvalue weighted by molar-refractivity contribution is -0.136. The number of thiophene rings is 2. The zero-order valence-corrected chi connectivity index (χ0v) is 17.0. The largest absolute Gasteiger partial charge is 0.495 e. The molecular weight excluding hydrogens is 396 g/mol. The lowest BCUT2D eigenvalue weighted by Gasteiger charge is -2.11. The van der Waals surface area contributed by atoms with Crippen molar-refractivity contribution >= 4 is 40.2 Å². The number of amides is 2. The van der Waals surface area contributed by atoms with Crippen molar-refractivity contribution in [1.29, 1.82) is 0 Å². The summed E-state index contributed by atoms with van der Waals surface area (Å²) in [6.45, 7) is 2.09. The molecule has 3 aromatic rings. The van der Waals surface area contributed by atoms with Crippen LogP contribution in [0.3, 0.4) is 0 Å². The van der Waals surface area contributed by atoms with Crippen LogP contribution in [-0.4, -0.2) is 24.0 Å². The van der Waals surface area contributed by atoms with Gasteiger partial charge in [0.25, 0.3) is 0 Å². The standard InChI is InChI=1S/C20H20N2O4S2/c1-12-3-5-16(26-2)15(9-12)22-20(25)19(24)21-10-14-4-6-17(28-14)18(23)13-7-8-27-11-13/h3-9,11,18,23H,10H2,1-2H3,(H,21,24)(H,22,25). The van der Waals surface area contributed by atoms with E-state index in [4.69, 9.17) is 4.74 Å². The van der Waals surface area contributed by atoms with Crippen LogP contribution < -0.4 is 15.4 Å². The Labute approximate surface area is 170 Å². The van der Waals surface area contributed by atoms with E-state index in [-0.39, 0.29) is 6.54 Å². The first kappa shape index (κ1) is 20.1. The van der Waals surface area contributed by atoms with Gasteiger partial charge in [0.1, 0.15) is 11.9 Å². The quantitative estimate of drug-likeness (QED) is 0.537. The van der Waals surface area contributed by atoms with Crippen LogP contribution in [0.1, 0.15) is 27.0 Å². The Bertz CT molecular complexity index is 967. The molecule has 0 aliphatic rings. The van der Waals surface area contributed by atoms with Crippen LogP contribution in [0.15, 0.2) is 47.2 Å². The smallest absolute Gasteiger partial charge is 0.313 e. The maximum absolute atomic E-state index is 12.2. The summed E-state index contributed by atoms with van der Waals surface area (Å²) in [6, 6.07) is 10.9. The summed E-state index contributed by atoms with van der Waals surface area (Å²) in [7, 11) is 1.50. The topological polar surface area (TPSA) is 87.7 Å². The zero-order chi connectivity index (χ0) is 20.1. The number of methoxy groups -OCH3 is 1. The van der Waals surface area contributed by atoms with Crippen LogP contribution in [0.2, 0.25) is 0 Å². The van der Waals surface area contributed by atoms with Gasteiger partial charge in [0, 0.05) is 9.75 Å². The number of anilines is 1. The predicted octanol–water partition coefficient (Wildman–Crippen LogP) is 3.46. The SMILES string of the molecule is COc1ccc(C)cc1NC(=O)C(=O)NCc1ccc(C(O)c2ccsc2)s1. The Kier molecular flexibility index (Phi) is 6.45. The number of aryl methyl sites for hydroxylation is 1. The molecule has 2 amide bonds. The molecule has 146 valence electrons. The summed E-state index contributed by atoms with van der Waals surface area (Å²) in [6.07, 6.45) is -0.683. The van der Waals surface area contributed by atoms with Gasteiger partial charge in [-0.2, -0.15) is 11.3 Å². The van der Waals surface area contributed by atoms with E-state index in [1.54, 1.807) is 12.1 Å². The molecule has 0 bridgehead atoms. The number of benzene rings is 1. The highest BCUT2D eigenvalue weighted by molar-refractivity contribution is 7.12. The number of carbonyl (C=O) groups is 2. The predicted molar refractivity (Wildman–Crippen MR) is 111 cm³/mol. The van der Waals surface area contributed by atoms with Crippen LogP contribution >= 0.6 is 22.7 Å². The summed E-state index contributed by atoms with van der Waals surface area (Å²) in [5.74, 6) is -1.02. The third kappa shape index (κ3) is 4.78. The Morgan fingerprint density at radius 3 is 2.71 bits per heavy atom. The normalized spacial score (nSPS) is 11.7. The molecule has 0 spiro atoms. The van der Waals surface area contributed by atoms with Crippen molar-refractivity contribution in [2.75, 3.05) is 12.4 Å². The minimum absolute atomic E-state index is 0.207. The van der Waals surface area contributed by atoms with Crippen molar-refractivity contribution in [3.63, 3.8) is 0 Å². The van der Waals surface area contributed by atoms with Crippen molar-refractivity contribution in [3.8, 4) is 5.75 Å². The van der Waals surface area contributed by atoms with Crippen LogP contribution in [0, 0.1) is 6.92 Å². The number of nitrogens with one attached hydrogen (secondary N) is 2. The Balaban J connectivity index is 1.57. The molecule has 3 N–H and O–H groups in total. The van der Waals surface area contributed by atoms with Crippen LogP contribution in [0.4, 0.5) is 5.69 Å². The van der Waals surface area contributed by atoms with Gasteiger partial charge >= 0.3 is 11.8 Å². The van der Waals surface area contributed by atoms with Gasteiger partial charge in [0.15, 0.2) is 0 Å². The molecule has 1 aromatic carbocycles. The van der Waals surface area contributed by atoms with E-state index < -0.39 is 17.9 Å². The van der Waals surface area contributed by atoms with Gasteiger partial charge in [-0.25, -0.2) is 0 Å². The van der Waals surface area contributed by atoms with E-state index in [1.807, 2.05) is 41.9 Å². The number of aliphatic hydroxyl groups is 1. The summed E-state index contributed by atoms with van der Waals surface area (Å²) < 4.78 is 5.20. The highest BCUT2D eigenvalue weighted by Crippen LogP contribution is 2.29. The molecular formula is C20H20N2O4S2. The fraction of sp³-hybridized carbons (Fsp3) is 0.200. The van der Waals surface area contributed by atoms with Gasteiger partial charge in [-0.05, 0) is 59.1 Å². The second-order valence-corrected chi connectivity index (χ2v) is 8.08. The zero-order valence-electron chi connectivity index (χ0n) is 15.4. The summed E-state index contributed by atoms with van der Waals surface area (Å²) in [5, 5.41) is 19.3. The second-order valence-electron chi connectivity index (χ2n) is 6.10. The van der Waals surface area contributed by atoms with E-state index in [2.05, 4.69) is 10.6 Å². The van der Waals surface area contributed by atoms with Crippen molar-refractivity contribution < 1.29 is 19.4 Å². The fourth-order valence-corrected chi connectivity index (χ4v) is 4.22. The van der Waals surface area contributed by atoms with Crippen molar-refractivity contribution in [1.82, 2.24) is 5.32 Å². The molecule has 28 heavy (non-hydrogen) atoms. The third-order valence-corrected chi connectivity index (χ3v) is 5.88. The number of aliphatic hydroxyl groups excluding tert-OH is 1. The fourth-order valence-electron chi connectivity index (χ4n) is 2.58. The van der Waals surface area contributed by atoms with Gasteiger partial charge in [-0.15, -0.1) is 11.3 Å². The van der Waals surface area contributed by atoms with Crippen molar-refractivity contribution in [2.24, 2.45) is 0 Å². The number of hydrogen-bond acceptors (Lipinski definition) is 6. The van der Waals surface area contributed by atoms with E-state index in [0.717, 1.165) is 20.9 Å². The average Bonchev–Trinajstić information content (AvgIpc) is 3.38. The molecule has 8 heteroatoms. The van der Waals surface area contributed by atoms with Gasteiger partial charge in [-0.1, -0.05) is 6.07 Å². The first-order chi connectivity index (χ1) is 13.5. The number of carbonyl (C=O) groups excluding carboxylic acids is 2. The third-order valence-electron chi connectivity index (χ3n) is 4.04. The summed E-state index contributed by atoms with van der Waals surface area (Å²) in [4.78, 5) is 25.9. The van der Waals surface area contributed by atoms with E-state index in [0.29, 0.717) is 11.4 Å². The Morgan fingerprint density at radius 1 is 1.18 bits per heavy atom. The maximum Gasteiger partial charge on any atom is 0.313 e. The highest BCUT2D eigenvalue weighted by atomic mass is 32.1. The molecule has 0 saturated carbocycles. The van der Waals surface area contributed by atoms with Crippen molar-refractivity contribution in [3.05, 3.63) is 68.0 Å². The molecule has 6 nitrogen and oxygen atoms in total. The summed E-state index contributed by atoms with van der Waals surface area (Å²) >= 11 is 2.92. The first-order valence-electron chi connectivity index (χ1n) is 8.50. The lowest BCUT2D eigenvalue weighted by Crippen LogP contribution is -2.34. The Morgan fingerprint density at radius 2 is 2.00 bits per heavy atom. The molecule has 1 atom stereocenters. The maximum atomic E-state index is 12.2. The number of hydrogen-bond donors (Lipinski definition) is 3. The molecule has 0 fully saturated rings. The second kappa shape index (κ2) is 9.01. The van der Waals surface area contributed by atoms with Gasteiger partial charge < -0.3 is 20.5 Å². The molecule has 0 aliphatic heterocycles. The molecule has 1 unspecified atom stereocenters. The molecule has 2 heterocycles. The van der Waals surface area contributed by atoms with Gasteiger partial charge in [0.05, 0.1) is 19.3 Å². The van der Waals surface area contributed by atoms with Crippen LogP contribution in [0.5, 0.6) is 5.75 Å². The van der Waals surface area contributed by atoms with Crippen LogP contribution in [0.25, 0.3) is 0 Å². The molecule has 3 rings (SSSR count). The highest BCUT2D eigenvalue weighted by Gasteiger charge is 2.17. The van der Waals surface area contributed by atoms with E-state index in [9.17, 15) is 14.7 Å². The van der Waals surface area contributed by atoms with Crippen molar-refractivity contribution in [2.45, 2.75) is 19.6 Å². The molecule has 0 radical (unpaired) electrons. The van der Waals surface area contributed by atoms with E-state index in [1.165, 1.54) is 29.8 Å². The molecule has 0 aliphatic carbocycles. The summed E-state index contributed by atoms with van der Waals surface area (Å²) in [5.41, 5.74) is 2.22. The van der Waals surface area contributed by atoms with Gasteiger partial charge in [-0.3, -0.25) is 9.59 Å². The van der Waals surface area contributed by atoms with E-state index >= 15 is 0 Å². The Hall–Kier alpha value is -2.68. The molecule has 2 aromatic heterocycles. The average molecular weight is 417 g/mol. The van der Waals surface area contributed by atoms with Crippen LogP contribution in [-0.2, 0) is 16.1 Å². The number of rotatable bonds is 6.